The van der Waals surface area contributed by atoms with Gasteiger partial charge in [0.2, 0.25) is 0 Å². The normalized spacial score (nSPS) is 14.6. The van der Waals surface area contributed by atoms with Gasteiger partial charge >= 0.3 is 6.03 Å². The zero-order valence-corrected chi connectivity index (χ0v) is 14.1. The van der Waals surface area contributed by atoms with Gasteiger partial charge in [0.25, 0.3) is 5.91 Å². The molecule has 0 fully saturated rings. The average Bonchev–Trinajstić information content (AvgIpc) is 3.04. The Bertz CT molecular complexity index is 787. The van der Waals surface area contributed by atoms with E-state index in [1.54, 1.807) is 24.1 Å². The van der Waals surface area contributed by atoms with Gasteiger partial charge in [0.05, 0.1) is 12.6 Å². The summed E-state index contributed by atoms with van der Waals surface area (Å²) in [6.07, 6.45) is 0.609. The molecule has 1 aromatic carbocycles. The first kappa shape index (κ1) is 16.9. The maximum Gasteiger partial charge on any atom is 0.318 e. The smallest absolute Gasteiger partial charge is 0.318 e. The first-order valence-electron chi connectivity index (χ1n) is 8.08. The second kappa shape index (κ2) is 6.92. The quantitative estimate of drug-likeness (QED) is 0.791. The van der Waals surface area contributed by atoms with Crippen LogP contribution >= 0.6 is 0 Å². The van der Waals surface area contributed by atoms with E-state index >= 15 is 0 Å². The summed E-state index contributed by atoms with van der Waals surface area (Å²) in [5.41, 5.74) is 2.77. The number of halogens is 1. The Kier molecular flexibility index (Phi) is 4.69. The summed E-state index contributed by atoms with van der Waals surface area (Å²) in [6, 6.07) is 5.55. The topological polar surface area (TPSA) is 90.1 Å². The van der Waals surface area contributed by atoms with E-state index in [0.717, 1.165) is 16.8 Å². The van der Waals surface area contributed by atoms with Crippen molar-refractivity contribution >= 4 is 11.9 Å². The highest BCUT2D eigenvalue weighted by molar-refractivity contribution is 5.94. The number of nitrogens with one attached hydrogen (secondary N) is 3. The van der Waals surface area contributed by atoms with Gasteiger partial charge < -0.3 is 15.5 Å². The standard InChI is InChI=1S/C17H20FN5O2/c1-10(11-3-5-12(18)6-4-11)20-17(25)23-8-7-14-13(9-23)15(22-21-14)16(24)19-2/h3-6,10H,7-9H2,1-2H3,(H,19,24)(H,20,25)(H,21,22). The van der Waals surface area contributed by atoms with Crippen LogP contribution in [0.1, 0.15) is 40.3 Å². The monoisotopic (exact) mass is 345 g/mol. The molecule has 0 aliphatic carbocycles. The number of benzene rings is 1. The predicted molar refractivity (Wildman–Crippen MR) is 89.4 cm³/mol. The third kappa shape index (κ3) is 3.47. The van der Waals surface area contributed by atoms with Crippen molar-refractivity contribution < 1.29 is 14.0 Å². The Morgan fingerprint density at radius 1 is 1.32 bits per heavy atom. The van der Waals surface area contributed by atoms with E-state index in [-0.39, 0.29) is 23.8 Å². The summed E-state index contributed by atoms with van der Waals surface area (Å²) >= 11 is 0. The lowest BCUT2D eigenvalue weighted by Crippen LogP contribution is -2.43. The van der Waals surface area contributed by atoms with Crippen LogP contribution in [-0.4, -0.2) is 40.6 Å². The molecular weight excluding hydrogens is 325 g/mol. The van der Waals surface area contributed by atoms with Crippen LogP contribution in [0, 0.1) is 5.82 Å². The van der Waals surface area contributed by atoms with Crippen LogP contribution in [0.2, 0.25) is 0 Å². The average molecular weight is 345 g/mol. The third-order valence-corrected chi connectivity index (χ3v) is 4.37. The van der Waals surface area contributed by atoms with Crippen LogP contribution in [0.15, 0.2) is 24.3 Å². The molecule has 0 saturated heterocycles. The Hall–Kier alpha value is -2.90. The van der Waals surface area contributed by atoms with Crippen LogP contribution in [0.25, 0.3) is 0 Å². The molecule has 1 aromatic heterocycles. The number of H-pyrrole nitrogens is 1. The minimum absolute atomic E-state index is 0.230. The Labute approximate surface area is 144 Å². The molecule has 0 radical (unpaired) electrons. The van der Waals surface area contributed by atoms with Crippen molar-refractivity contribution in [2.45, 2.75) is 25.9 Å². The summed E-state index contributed by atoms with van der Waals surface area (Å²) in [5, 5.41) is 12.4. The number of nitrogens with zero attached hydrogens (tertiary/aromatic N) is 2. The summed E-state index contributed by atoms with van der Waals surface area (Å²) in [5.74, 6) is -0.591. The molecule has 0 spiro atoms. The van der Waals surface area contributed by atoms with Gasteiger partial charge in [0.15, 0.2) is 5.69 Å². The van der Waals surface area contributed by atoms with Crippen molar-refractivity contribution in [3.05, 3.63) is 52.6 Å². The number of fused-ring (bicyclic) bond motifs is 1. The summed E-state index contributed by atoms with van der Waals surface area (Å²) in [7, 11) is 1.54. The van der Waals surface area contributed by atoms with E-state index in [0.29, 0.717) is 25.2 Å². The molecule has 1 atom stereocenters. The lowest BCUT2D eigenvalue weighted by Gasteiger charge is -2.28. The summed E-state index contributed by atoms with van der Waals surface area (Å²) in [6.45, 7) is 2.69. The molecule has 3 amide bonds. The van der Waals surface area contributed by atoms with E-state index in [1.165, 1.54) is 12.1 Å². The maximum absolute atomic E-state index is 13.0. The minimum atomic E-state index is -0.312. The molecule has 1 aliphatic heterocycles. The lowest BCUT2D eigenvalue weighted by molar-refractivity contribution is 0.0955. The second-order valence-electron chi connectivity index (χ2n) is 6.00. The number of carbonyl (C=O) groups is 2. The van der Waals surface area contributed by atoms with Crippen molar-refractivity contribution in [3.63, 3.8) is 0 Å². The molecule has 0 bridgehead atoms. The molecule has 3 N–H and O–H groups in total. The molecule has 3 rings (SSSR count). The van der Waals surface area contributed by atoms with E-state index in [2.05, 4.69) is 20.8 Å². The van der Waals surface area contributed by atoms with Gasteiger partial charge in [-0.05, 0) is 24.6 Å². The first-order valence-corrected chi connectivity index (χ1v) is 8.08. The molecule has 0 saturated carbocycles. The second-order valence-corrected chi connectivity index (χ2v) is 6.00. The molecule has 1 aliphatic rings. The SMILES string of the molecule is CNC(=O)c1n[nH]c2c1CN(C(=O)NC(C)c1ccc(F)cc1)CC2. The molecule has 25 heavy (non-hydrogen) atoms. The van der Waals surface area contributed by atoms with E-state index in [9.17, 15) is 14.0 Å². The Morgan fingerprint density at radius 2 is 2.04 bits per heavy atom. The fourth-order valence-corrected chi connectivity index (χ4v) is 2.89. The van der Waals surface area contributed by atoms with Crippen molar-refractivity contribution in [1.29, 1.82) is 0 Å². The van der Waals surface area contributed by atoms with Crippen LogP contribution < -0.4 is 10.6 Å². The number of urea groups is 1. The molecule has 2 heterocycles. The van der Waals surface area contributed by atoms with Gasteiger partial charge in [-0.3, -0.25) is 9.89 Å². The zero-order valence-electron chi connectivity index (χ0n) is 14.1. The molecule has 2 aromatic rings. The number of carbonyl (C=O) groups excluding carboxylic acids is 2. The van der Waals surface area contributed by atoms with Crippen molar-refractivity contribution in [1.82, 2.24) is 25.7 Å². The molecule has 132 valence electrons. The fourth-order valence-electron chi connectivity index (χ4n) is 2.89. The highest BCUT2D eigenvalue weighted by Gasteiger charge is 2.28. The lowest BCUT2D eigenvalue weighted by atomic mass is 10.1. The predicted octanol–water partition coefficient (Wildman–Crippen LogP) is 1.74. The summed E-state index contributed by atoms with van der Waals surface area (Å²) in [4.78, 5) is 26.1. The summed E-state index contributed by atoms with van der Waals surface area (Å²) < 4.78 is 13.0. The van der Waals surface area contributed by atoms with Crippen LogP contribution in [0.3, 0.4) is 0 Å². The Balaban J connectivity index is 1.69. The molecule has 1 unspecified atom stereocenters. The highest BCUT2D eigenvalue weighted by Crippen LogP contribution is 2.21. The third-order valence-electron chi connectivity index (χ3n) is 4.37. The van der Waals surface area contributed by atoms with Gasteiger partial charge in [-0.25, -0.2) is 9.18 Å². The largest absolute Gasteiger partial charge is 0.354 e. The van der Waals surface area contributed by atoms with Gasteiger partial charge in [0, 0.05) is 31.3 Å². The number of aromatic amines is 1. The zero-order chi connectivity index (χ0) is 18.0. The molecular formula is C17H20FN5O2. The highest BCUT2D eigenvalue weighted by atomic mass is 19.1. The maximum atomic E-state index is 13.0. The molecule has 7 nitrogen and oxygen atoms in total. The van der Waals surface area contributed by atoms with Gasteiger partial charge in [-0.1, -0.05) is 12.1 Å². The number of amides is 3. The van der Waals surface area contributed by atoms with Crippen molar-refractivity contribution in [2.75, 3.05) is 13.6 Å². The van der Waals surface area contributed by atoms with Crippen molar-refractivity contribution in [2.24, 2.45) is 0 Å². The van der Waals surface area contributed by atoms with Gasteiger partial charge in [-0.15, -0.1) is 0 Å². The number of aromatic nitrogens is 2. The van der Waals surface area contributed by atoms with Crippen molar-refractivity contribution in [3.8, 4) is 0 Å². The van der Waals surface area contributed by atoms with Crippen LogP contribution in [-0.2, 0) is 13.0 Å². The van der Waals surface area contributed by atoms with Gasteiger partial charge in [0.1, 0.15) is 5.82 Å². The Morgan fingerprint density at radius 3 is 2.72 bits per heavy atom. The minimum Gasteiger partial charge on any atom is -0.354 e. The number of hydrogen-bond donors (Lipinski definition) is 3. The van der Waals surface area contributed by atoms with Gasteiger partial charge in [-0.2, -0.15) is 5.10 Å². The number of hydrogen-bond acceptors (Lipinski definition) is 3. The van der Waals surface area contributed by atoms with Crippen LogP contribution in [0.4, 0.5) is 9.18 Å². The number of rotatable bonds is 3. The van der Waals surface area contributed by atoms with E-state index in [1.807, 2.05) is 6.92 Å². The van der Waals surface area contributed by atoms with E-state index in [4.69, 9.17) is 0 Å². The van der Waals surface area contributed by atoms with E-state index < -0.39 is 0 Å². The fraction of sp³-hybridized carbons (Fsp3) is 0.353. The first-order chi connectivity index (χ1) is 12.0. The molecule has 8 heteroatoms. The van der Waals surface area contributed by atoms with Crippen LogP contribution in [0.5, 0.6) is 0 Å².